The molecule has 0 saturated heterocycles. The zero-order valence-corrected chi connectivity index (χ0v) is 12.8. The summed E-state index contributed by atoms with van der Waals surface area (Å²) in [5.41, 5.74) is 3.83. The van der Waals surface area contributed by atoms with E-state index in [9.17, 15) is 4.79 Å². The molecule has 0 aromatic heterocycles. The van der Waals surface area contributed by atoms with Gasteiger partial charge >= 0.3 is 0 Å². The van der Waals surface area contributed by atoms with Crippen LogP contribution < -0.4 is 5.32 Å². The van der Waals surface area contributed by atoms with Crippen molar-refractivity contribution in [1.29, 1.82) is 0 Å². The van der Waals surface area contributed by atoms with Crippen molar-refractivity contribution in [2.75, 3.05) is 13.1 Å². The van der Waals surface area contributed by atoms with E-state index in [1.54, 1.807) is 0 Å². The first-order chi connectivity index (χ1) is 8.90. The van der Waals surface area contributed by atoms with Gasteiger partial charge in [-0.15, -0.1) is 0 Å². The van der Waals surface area contributed by atoms with E-state index in [0.29, 0.717) is 6.54 Å². The minimum Gasteiger partial charge on any atom is -0.353 e. The van der Waals surface area contributed by atoms with Crippen LogP contribution in [0.25, 0.3) is 0 Å². The summed E-state index contributed by atoms with van der Waals surface area (Å²) >= 11 is 0. The first kappa shape index (κ1) is 15.7. The van der Waals surface area contributed by atoms with Gasteiger partial charge in [-0.1, -0.05) is 36.2 Å². The molecule has 1 aromatic rings. The summed E-state index contributed by atoms with van der Waals surface area (Å²) in [5, 5.41) is 2.94. The van der Waals surface area contributed by atoms with E-state index in [0.717, 1.165) is 13.1 Å². The maximum absolute atomic E-state index is 11.8. The maximum atomic E-state index is 11.8. The third-order valence-corrected chi connectivity index (χ3v) is 2.95. The van der Waals surface area contributed by atoms with E-state index in [1.807, 2.05) is 13.8 Å². The summed E-state index contributed by atoms with van der Waals surface area (Å²) in [6, 6.07) is 6.75. The fourth-order valence-electron chi connectivity index (χ4n) is 2.27. The van der Waals surface area contributed by atoms with Gasteiger partial charge in [-0.2, -0.15) is 0 Å². The van der Waals surface area contributed by atoms with E-state index >= 15 is 0 Å². The molecule has 0 fully saturated rings. The molecule has 106 valence electrons. The van der Waals surface area contributed by atoms with Gasteiger partial charge in [0.2, 0.25) is 5.91 Å². The SMILES string of the molecule is CCN(CC(=O)NC(C)C)Cc1cc(C)cc(C)c1. The normalized spacial score (nSPS) is 11.1. The molecular formula is C16H26N2O. The molecule has 0 aliphatic rings. The zero-order valence-electron chi connectivity index (χ0n) is 12.8. The van der Waals surface area contributed by atoms with Crippen LogP contribution in [0, 0.1) is 13.8 Å². The molecule has 0 spiro atoms. The predicted octanol–water partition coefficient (Wildman–Crippen LogP) is 2.65. The number of amides is 1. The van der Waals surface area contributed by atoms with Crippen molar-refractivity contribution >= 4 is 5.91 Å². The van der Waals surface area contributed by atoms with Gasteiger partial charge in [0, 0.05) is 12.6 Å². The van der Waals surface area contributed by atoms with Gasteiger partial charge in [-0.25, -0.2) is 0 Å². The molecule has 0 saturated carbocycles. The van der Waals surface area contributed by atoms with Crippen LogP contribution in [0.15, 0.2) is 18.2 Å². The number of aryl methyl sites for hydroxylation is 2. The largest absolute Gasteiger partial charge is 0.353 e. The Kier molecular flexibility index (Phi) is 6.03. The summed E-state index contributed by atoms with van der Waals surface area (Å²) < 4.78 is 0. The Labute approximate surface area is 117 Å². The molecule has 0 radical (unpaired) electrons. The van der Waals surface area contributed by atoms with Crippen LogP contribution in [-0.2, 0) is 11.3 Å². The molecule has 1 amide bonds. The van der Waals surface area contributed by atoms with Gasteiger partial charge in [0.1, 0.15) is 0 Å². The van der Waals surface area contributed by atoms with Crippen LogP contribution in [0.4, 0.5) is 0 Å². The van der Waals surface area contributed by atoms with E-state index in [-0.39, 0.29) is 11.9 Å². The average Bonchev–Trinajstić information content (AvgIpc) is 2.25. The van der Waals surface area contributed by atoms with Gasteiger partial charge in [0.15, 0.2) is 0 Å². The first-order valence-corrected chi connectivity index (χ1v) is 6.99. The lowest BCUT2D eigenvalue weighted by molar-refractivity contribution is -0.122. The second-order valence-corrected chi connectivity index (χ2v) is 5.52. The molecule has 0 bridgehead atoms. The fraction of sp³-hybridized carbons (Fsp3) is 0.562. The number of nitrogens with zero attached hydrogens (tertiary/aromatic N) is 1. The third-order valence-electron chi connectivity index (χ3n) is 2.95. The van der Waals surface area contributed by atoms with Gasteiger partial charge in [-0.05, 0) is 39.8 Å². The van der Waals surface area contributed by atoms with Gasteiger partial charge < -0.3 is 5.32 Å². The number of hydrogen-bond acceptors (Lipinski definition) is 2. The highest BCUT2D eigenvalue weighted by Crippen LogP contribution is 2.11. The Bertz CT molecular complexity index is 407. The molecule has 0 aliphatic carbocycles. The Morgan fingerprint density at radius 1 is 1.21 bits per heavy atom. The Morgan fingerprint density at radius 3 is 2.26 bits per heavy atom. The standard InChI is InChI=1S/C16H26N2O/c1-6-18(11-16(19)17-12(2)3)10-15-8-13(4)7-14(5)9-15/h7-9,12H,6,10-11H2,1-5H3,(H,17,19). The number of likely N-dealkylation sites (N-methyl/N-ethyl adjacent to an activating group) is 1. The quantitative estimate of drug-likeness (QED) is 0.855. The molecule has 0 heterocycles. The monoisotopic (exact) mass is 262 g/mol. The topological polar surface area (TPSA) is 32.3 Å². The van der Waals surface area contributed by atoms with E-state index < -0.39 is 0 Å². The molecule has 0 unspecified atom stereocenters. The van der Waals surface area contributed by atoms with Crippen LogP contribution >= 0.6 is 0 Å². The molecule has 0 aliphatic heterocycles. The highest BCUT2D eigenvalue weighted by atomic mass is 16.2. The molecule has 1 N–H and O–H groups in total. The summed E-state index contributed by atoms with van der Waals surface area (Å²) in [6.07, 6.45) is 0. The lowest BCUT2D eigenvalue weighted by atomic mass is 10.1. The predicted molar refractivity (Wildman–Crippen MR) is 80.1 cm³/mol. The van der Waals surface area contributed by atoms with Gasteiger partial charge in [0.05, 0.1) is 6.54 Å². The first-order valence-electron chi connectivity index (χ1n) is 6.99. The number of hydrogen-bond donors (Lipinski definition) is 1. The number of carbonyl (C=O) groups excluding carboxylic acids is 1. The molecule has 1 rings (SSSR count). The minimum absolute atomic E-state index is 0.0984. The highest BCUT2D eigenvalue weighted by molar-refractivity contribution is 5.78. The maximum Gasteiger partial charge on any atom is 0.234 e. The number of rotatable bonds is 6. The van der Waals surface area contributed by atoms with E-state index in [2.05, 4.69) is 49.2 Å². The molecule has 1 aromatic carbocycles. The fourth-order valence-corrected chi connectivity index (χ4v) is 2.27. The van der Waals surface area contributed by atoms with Crippen molar-refractivity contribution in [3.63, 3.8) is 0 Å². The van der Waals surface area contributed by atoms with Crippen molar-refractivity contribution in [3.8, 4) is 0 Å². The van der Waals surface area contributed by atoms with Crippen LogP contribution in [0.2, 0.25) is 0 Å². The lowest BCUT2D eigenvalue weighted by Gasteiger charge is -2.21. The van der Waals surface area contributed by atoms with Crippen molar-refractivity contribution in [2.45, 2.75) is 47.2 Å². The van der Waals surface area contributed by atoms with Crippen molar-refractivity contribution in [3.05, 3.63) is 34.9 Å². The summed E-state index contributed by atoms with van der Waals surface area (Å²) in [6.45, 7) is 12.4. The smallest absolute Gasteiger partial charge is 0.234 e. The van der Waals surface area contributed by atoms with Crippen molar-refractivity contribution in [2.24, 2.45) is 0 Å². The molecule has 0 atom stereocenters. The lowest BCUT2D eigenvalue weighted by Crippen LogP contribution is -2.39. The highest BCUT2D eigenvalue weighted by Gasteiger charge is 2.10. The second-order valence-electron chi connectivity index (χ2n) is 5.52. The Hall–Kier alpha value is -1.35. The third kappa shape index (κ3) is 5.88. The minimum atomic E-state index is 0.0984. The van der Waals surface area contributed by atoms with Crippen molar-refractivity contribution < 1.29 is 4.79 Å². The number of benzene rings is 1. The van der Waals surface area contributed by atoms with Crippen LogP contribution in [0.5, 0.6) is 0 Å². The molecular weight excluding hydrogens is 236 g/mol. The van der Waals surface area contributed by atoms with E-state index in [1.165, 1.54) is 16.7 Å². The zero-order chi connectivity index (χ0) is 14.4. The summed E-state index contributed by atoms with van der Waals surface area (Å²) in [4.78, 5) is 14.0. The number of carbonyl (C=O) groups is 1. The van der Waals surface area contributed by atoms with Crippen LogP contribution in [0.1, 0.15) is 37.5 Å². The van der Waals surface area contributed by atoms with Gasteiger partial charge in [0.25, 0.3) is 0 Å². The molecule has 19 heavy (non-hydrogen) atoms. The van der Waals surface area contributed by atoms with Gasteiger partial charge in [-0.3, -0.25) is 9.69 Å². The van der Waals surface area contributed by atoms with Crippen LogP contribution in [-0.4, -0.2) is 29.9 Å². The Balaban J connectivity index is 2.63. The van der Waals surface area contributed by atoms with Crippen LogP contribution in [0.3, 0.4) is 0 Å². The summed E-state index contributed by atoms with van der Waals surface area (Å²) in [7, 11) is 0. The second kappa shape index (κ2) is 7.29. The number of nitrogens with one attached hydrogen (secondary N) is 1. The average molecular weight is 262 g/mol. The molecule has 3 heteroatoms. The van der Waals surface area contributed by atoms with Crippen molar-refractivity contribution in [1.82, 2.24) is 10.2 Å². The summed E-state index contributed by atoms with van der Waals surface area (Å²) in [5.74, 6) is 0.0984. The van der Waals surface area contributed by atoms with E-state index in [4.69, 9.17) is 0 Å². The molecule has 3 nitrogen and oxygen atoms in total. The Morgan fingerprint density at radius 2 is 1.79 bits per heavy atom.